The van der Waals surface area contributed by atoms with Crippen molar-refractivity contribution in [2.75, 3.05) is 13.2 Å². The number of ether oxygens (including phenoxy) is 1. The molecule has 1 aliphatic rings. The molecule has 0 amide bonds. The number of hydrogen-bond acceptors (Lipinski definition) is 2. The van der Waals surface area contributed by atoms with Gasteiger partial charge in [0, 0.05) is 13.0 Å². The van der Waals surface area contributed by atoms with Gasteiger partial charge in [0.2, 0.25) is 0 Å². The van der Waals surface area contributed by atoms with Crippen LogP contribution in [0.1, 0.15) is 33.6 Å². The van der Waals surface area contributed by atoms with Gasteiger partial charge in [-0.25, -0.2) is 0 Å². The minimum Gasteiger partial charge on any atom is -0.381 e. The first-order valence-corrected chi connectivity index (χ1v) is 5.16. The van der Waals surface area contributed by atoms with E-state index in [1.807, 2.05) is 0 Å². The molecule has 0 bridgehead atoms. The molecule has 0 radical (unpaired) electrons. The highest BCUT2D eigenvalue weighted by molar-refractivity contribution is 5.51. The molecule has 0 N–H and O–H groups in total. The third kappa shape index (κ3) is 2.31. The Morgan fingerprint density at radius 2 is 2.08 bits per heavy atom. The molecule has 2 atom stereocenters. The topological polar surface area (TPSA) is 26.3 Å². The van der Waals surface area contributed by atoms with Crippen LogP contribution in [0, 0.1) is 17.3 Å². The van der Waals surface area contributed by atoms with E-state index in [4.69, 9.17) is 4.74 Å². The maximum Gasteiger partial charge on any atom is 0.120 e. The van der Waals surface area contributed by atoms with Crippen LogP contribution in [-0.2, 0) is 9.53 Å². The number of hydrogen-bond donors (Lipinski definition) is 0. The lowest BCUT2D eigenvalue weighted by Crippen LogP contribution is -2.01. The van der Waals surface area contributed by atoms with Crippen LogP contribution in [0.3, 0.4) is 0 Å². The number of rotatable bonds is 6. The van der Waals surface area contributed by atoms with Gasteiger partial charge in [-0.3, -0.25) is 0 Å². The molecule has 1 aliphatic carbocycles. The number of aldehydes is 1. The summed E-state index contributed by atoms with van der Waals surface area (Å²) in [4.78, 5) is 10.4. The first-order valence-electron chi connectivity index (χ1n) is 5.16. The van der Waals surface area contributed by atoms with Crippen LogP contribution in [0.2, 0.25) is 0 Å². The lowest BCUT2D eigenvalue weighted by molar-refractivity contribution is -0.108. The minimum atomic E-state index is 0.328. The van der Waals surface area contributed by atoms with E-state index in [9.17, 15) is 4.79 Å². The van der Waals surface area contributed by atoms with Gasteiger partial charge in [0.05, 0.1) is 6.61 Å². The third-order valence-corrected chi connectivity index (χ3v) is 3.28. The molecule has 0 saturated heterocycles. The van der Waals surface area contributed by atoms with Gasteiger partial charge >= 0.3 is 0 Å². The van der Waals surface area contributed by atoms with Gasteiger partial charge in [-0.05, 0) is 23.7 Å². The van der Waals surface area contributed by atoms with E-state index >= 15 is 0 Å². The molecular formula is C11H20O2. The van der Waals surface area contributed by atoms with Crippen LogP contribution in [0.4, 0.5) is 0 Å². The SMILES string of the molecule is CCCOCC1C(CC=O)C1(C)C. The highest BCUT2D eigenvalue weighted by atomic mass is 16.5. The minimum absolute atomic E-state index is 0.328. The maximum absolute atomic E-state index is 10.4. The van der Waals surface area contributed by atoms with Crippen molar-refractivity contribution in [3.8, 4) is 0 Å². The second-order valence-corrected chi connectivity index (χ2v) is 4.51. The van der Waals surface area contributed by atoms with Crippen LogP contribution >= 0.6 is 0 Å². The molecule has 2 nitrogen and oxygen atoms in total. The molecule has 13 heavy (non-hydrogen) atoms. The fraction of sp³-hybridized carbons (Fsp3) is 0.909. The van der Waals surface area contributed by atoms with Crippen LogP contribution in [0.25, 0.3) is 0 Å². The fourth-order valence-electron chi connectivity index (χ4n) is 2.11. The second kappa shape index (κ2) is 4.23. The van der Waals surface area contributed by atoms with Crippen LogP contribution in [0.5, 0.6) is 0 Å². The molecule has 76 valence electrons. The number of carbonyl (C=O) groups excluding carboxylic acids is 1. The molecule has 2 heteroatoms. The average molecular weight is 184 g/mol. The predicted molar refractivity (Wildman–Crippen MR) is 52.6 cm³/mol. The van der Waals surface area contributed by atoms with Gasteiger partial charge in [0.25, 0.3) is 0 Å². The lowest BCUT2D eigenvalue weighted by Gasteiger charge is -2.03. The van der Waals surface area contributed by atoms with Crippen LogP contribution in [0.15, 0.2) is 0 Å². The molecule has 0 aromatic carbocycles. The second-order valence-electron chi connectivity index (χ2n) is 4.51. The molecule has 0 aromatic rings. The van der Waals surface area contributed by atoms with E-state index in [1.54, 1.807) is 0 Å². The Bertz CT molecular complexity index is 175. The van der Waals surface area contributed by atoms with Gasteiger partial charge in [0.1, 0.15) is 6.29 Å². The van der Waals surface area contributed by atoms with Crippen molar-refractivity contribution in [1.29, 1.82) is 0 Å². The van der Waals surface area contributed by atoms with E-state index in [0.717, 1.165) is 25.9 Å². The summed E-state index contributed by atoms with van der Waals surface area (Å²) in [6.07, 6.45) is 2.81. The van der Waals surface area contributed by atoms with Crippen molar-refractivity contribution in [3.63, 3.8) is 0 Å². The lowest BCUT2D eigenvalue weighted by atomic mass is 10.1. The van der Waals surface area contributed by atoms with E-state index in [1.165, 1.54) is 0 Å². The summed E-state index contributed by atoms with van der Waals surface area (Å²) in [5.41, 5.74) is 0.328. The standard InChI is InChI=1S/C11H20O2/c1-4-7-13-8-10-9(5-6-12)11(10,2)3/h6,9-10H,4-5,7-8H2,1-3H3. The zero-order chi connectivity index (χ0) is 9.90. The summed E-state index contributed by atoms with van der Waals surface area (Å²) in [6, 6.07) is 0. The van der Waals surface area contributed by atoms with Gasteiger partial charge in [0.15, 0.2) is 0 Å². The van der Waals surface area contributed by atoms with Crippen molar-refractivity contribution in [3.05, 3.63) is 0 Å². The first-order chi connectivity index (χ1) is 6.14. The van der Waals surface area contributed by atoms with E-state index in [2.05, 4.69) is 20.8 Å². The van der Waals surface area contributed by atoms with Gasteiger partial charge < -0.3 is 9.53 Å². The van der Waals surface area contributed by atoms with Gasteiger partial charge in [-0.1, -0.05) is 20.8 Å². The van der Waals surface area contributed by atoms with E-state index < -0.39 is 0 Å². The van der Waals surface area contributed by atoms with Crippen molar-refractivity contribution in [2.24, 2.45) is 17.3 Å². The Hall–Kier alpha value is -0.370. The molecule has 1 fully saturated rings. The predicted octanol–water partition coefficient (Wildman–Crippen LogP) is 2.27. The molecule has 0 heterocycles. The molecule has 0 aromatic heterocycles. The summed E-state index contributed by atoms with van der Waals surface area (Å²) in [5.74, 6) is 1.16. The average Bonchev–Trinajstić information content (AvgIpc) is 2.57. The Kier molecular flexibility index (Phi) is 3.48. The monoisotopic (exact) mass is 184 g/mol. The molecule has 0 aliphatic heterocycles. The maximum atomic E-state index is 10.4. The molecule has 1 saturated carbocycles. The van der Waals surface area contributed by atoms with Gasteiger partial charge in [-0.2, -0.15) is 0 Å². The van der Waals surface area contributed by atoms with Crippen LogP contribution in [-0.4, -0.2) is 19.5 Å². The summed E-state index contributed by atoms with van der Waals surface area (Å²) >= 11 is 0. The van der Waals surface area contributed by atoms with Gasteiger partial charge in [-0.15, -0.1) is 0 Å². The smallest absolute Gasteiger partial charge is 0.120 e. The highest BCUT2D eigenvalue weighted by Crippen LogP contribution is 2.59. The molecule has 0 spiro atoms. The van der Waals surface area contributed by atoms with E-state index in [0.29, 0.717) is 23.7 Å². The fourth-order valence-corrected chi connectivity index (χ4v) is 2.11. The van der Waals surface area contributed by atoms with Crippen molar-refractivity contribution >= 4 is 6.29 Å². The van der Waals surface area contributed by atoms with Crippen LogP contribution < -0.4 is 0 Å². The zero-order valence-electron chi connectivity index (χ0n) is 8.88. The Labute approximate surface area is 80.7 Å². The Morgan fingerprint density at radius 3 is 2.62 bits per heavy atom. The Balaban J connectivity index is 2.24. The molecular weight excluding hydrogens is 164 g/mol. The summed E-state index contributed by atoms with van der Waals surface area (Å²) in [5, 5.41) is 0. The van der Waals surface area contributed by atoms with E-state index in [-0.39, 0.29) is 0 Å². The first kappa shape index (κ1) is 10.7. The molecule has 2 unspecified atom stereocenters. The summed E-state index contributed by atoms with van der Waals surface area (Å²) in [7, 11) is 0. The normalized spacial score (nSPS) is 30.1. The van der Waals surface area contributed by atoms with Crippen molar-refractivity contribution in [2.45, 2.75) is 33.6 Å². The van der Waals surface area contributed by atoms with Crippen molar-refractivity contribution in [1.82, 2.24) is 0 Å². The van der Waals surface area contributed by atoms with Crippen molar-refractivity contribution < 1.29 is 9.53 Å². The summed E-state index contributed by atoms with van der Waals surface area (Å²) < 4.78 is 5.50. The quantitative estimate of drug-likeness (QED) is 0.467. The largest absolute Gasteiger partial charge is 0.381 e. The Morgan fingerprint density at radius 1 is 1.38 bits per heavy atom. The zero-order valence-corrected chi connectivity index (χ0v) is 8.88. The number of carbonyl (C=O) groups is 1. The highest BCUT2D eigenvalue weighted by Gasteiger charge is 2.56. The molecule has 1 rings (SSSR count). The third-order valence-electron chi connectivity index (χ3n) is 3.28. The summed E-state index contributed by atoms with van der Waals surface area (Å²) in [6.45, 7) is 8.24.